The molecule has 202 valence electrons. The third-order valence-corrected chi connectivity index (χ3v) is 6.46. The second-order valence-electron chi connectivity index (χ2n) is 9.49. The Morgan fingerprint density at radius 3 is 2.03 bits per heavy atom. The average molecular weight is 525 g/mol. The zero-order chi connectivity index (χ0) is 27.9. The summed E-state index contributed by atoms with van der Waals surface area (Å²) in [4.78, 5) is 21.7. The van der Waals surface area contributed by atoms with Crippen molar-refractivity contribution in [2.75, 3.05) is 6.61 Å². The highest BCUT2D eigenvalue weighted by Crippen LogP contribution is 2.30. The van der Waals surface area contributed by atoms with Crippen LogP contribution in [-0.4, -0.2) is 22.5 Å². The summed E-state index contributed by atoms with van der Waals surface area (Å²) in [5.41, 5.74) is 2.25. The van der Waals surface area contributed by atoms with Crippen LogP contribution in [0.2, 0.25) is 0 Å². The number of nitriles is 2. The first-order chi connectivity index (χ1) is 19.1. The third kappa shape index (κ3) is 8.65. The SMILES string of the molecule is CCCCCCCCOc1ccc(OC(=O)c2ccc(-c3ncc(CCCCC)cn3)cc2)c(C#N)c1C#N. The standard InChI is InChI=1S/C32H36N4O3/c1-3-5-7-8-9-11-19-38-29-17-18-30(28(21-34)27(29)20-33)39-32(37)26-15-13-25(14-16-26)31-35-22-24(23-36-31)12-10-6-4-2/h13-18,22-23H,3-12,19H2,1-2H3. The summed E-state index contributed by atoms with van der Waals surface area (Å²) >= 11 is 0. The van der Waals surface area contributed by atoms with E-state index in [-0.39, 0.29) is 16.9 Å². The number of carbonyl (C=O) groups excluding carboxylic acids is 1. The van der Waals surface area contributed by atoms with Crippen molar-refractivity contribution in [3.05, 3.63) is 71.0 Å². The molecule has 3 aromatic rings. The fourth-order valence-electron chi connectivity index (χ4n) is 4.18. The molecule has 0 bridgehead atoms. The Balaban J connectivity index is 1.63. The molecule has 0 unspecified atom stereocenters. The predicted octanol–water partition coefficient (Wildman–Crippen LogP) is 7.58. The smallest absolute Gasteiger partial charge is 0.343 e. The number of hydrogen-bond acceptors (Lipinski definition) is 7. The van der Waals surface area contributed by atoms with Gasteiger partial charge in [0.15, 0.2) is 11.6 Å². The highest BCUT2D eigenvalue weighted by atomic mass is 16.5. The monoisotopic (exact) mass is 524 g/mol. The summed E-state index contributed by atoms with van der Waals surface area (Å²) in [7, 11) is 0. The van der Waals surface area contributed by atoms with E-state index in [0.717, 1.165) is 43.2 Å². The van der Waals surface area contributed by atoms with Crippen molar-refractivity contribution in [2.45, 2.75) is 78.1 Å². The highest BCUT2D eigenvalue weighted by Gasteiger charge is 2.19. The molecule has 39 heavy (non-hydrogen) atoms. The molecule has 1 heterocycles. The van der Waals surface area contributed by atoms with E-state index in [2.05, 4.69) is 23.8 Å². The van der Waals surface area contributed by atoms with Gasteiger partial charge < -0.3 is 9.47 Å². The summed E-state index contributed by atoms with van der Waals surface area (Å²) in [5, 5.41) is 19.4. The van der Waals surface area contributed by atoms with Gasteiger partial charge in [-0.3, -0.25) is 0 Å². The molecule has 0 amide bonds. The maximum atomic E-state index is 12.8. The van der Waals surface area contributed by atoms with Crippen molar-refractivity contribution in [1.82, 2.24) is 9.97 Å². The first-order valence-corrected chi connectivity index (χ1v) is 13.8. The van der Waals surface area contributed by atoms with Gasteiger partial charge in [0, 0.05) is 18.0 Å². The van der Waals surface area contributed by atoms with Gasteiger partial charge in [0.1, 0.15) is 29.0 Å². The van der Waals surface area contributed by atoms with E-state index in [0.29, 0.717) is 23.7 Å². The Bertz CT molecular complexity index is 1290. The Hall–Kier alpha value is -4.23. The van der Waals surface area contributed by atoms with Gasteiger partial charge in [0.05, 0.1) is 12.2 Å². The van der Waals surface area contributed by atoms with Gasteiger partial charge in [-0.05, 0) is 49.1 Å². The lowest BCUT2D eigenvalue weighted by Crippen LogP contribution is -2.10. The minimum absolute atomic E-state index is 0.0182. The second kappa shape index (κ2) is 15.9. The van der Waals surface area contributed by atoms with Crippen LogP contribution in [0.3, 0.4) is 0 Å². The Labute approximate surface area is 231 Å². The summed E-state index contributed by atoms with van der Waals surface area (Å²) in [5.74, 6) is 0.297. The van der Waals surface area contributed by atoms with Gasteiger partial charge in [-0.1, -0.05) is 70.9 Å². The van der Waals surface area contributed by atoms with E-state index in [1.54, 1.807) is 30.3 Å². The number of ether oxygens (including phenoxy) is 2. The average Bonchev–Trinajstić information content (AvgIpc) is 2.97. The number of rotatable bonds is 15. The molecule has 0 N–H and O–H groups in total. The molecule has 0 radical (unpaired) electrons. The van der Waals surface area contributed by atoms with Crippen LogP contribution in [0.25, 0.3) is 11.4 Å². The first kappa shape index (κ1) is 29.3. The van der Waals surface area contributed by atoms with Crippen LogP contribution in [0.5, 0.6) is 11.5 Å². The normalized spacial score (nSPS) is 10.5. The van der Waals surface area contributed by atoms with Gasteiger partial charge in [-0.15, -0.1) is 0 Å². The zero-order valence-electron chi connectivity index (χ0n) is 22.9. The maximum Gasteiger partial charge on any atom is 0.343 e. The minimum Gasteiger partial charge on any atom is -0.492 e. The molecule has 0 aliphatic heterocycles. The van der Waals surface area contributed by atoms with Crippen molar-refractivity contribution in [3.8, 4) is 35.0 Å². The molecule has 7 heteroatoms. The maximum absolute atomic E-state index is 12.8. The lowest BCUT2D eigenvalue weighted by atomic mass is 10.1. The molecule has 0 aliphatic carbocycles. The molecule has 1 aromatic heterocycles. The number of carbonyl (C=O) groups is 1. The summed E-state index contributed by atoms with van der Waals surface area (Å²) in [6.07, 6.45) is 14.8. The van der Waals surface area contributed by atoms with E-state index in [9.17, 15) is 15.3 Å². The van der Waals surface area contributed by atoms with Gasteiger partial charge in [0.25, 0.3) is 0 Å². The first-order valence-electron chi connectivity index (χ1n) is 13.8. The topological polar surface area (TPSA) is 109 Å². The number of nitrogens with zero attached hydrogens (tertiary/aromatic N) is 4. The Morgan fingerprint density at radius 1 is 0.769 bits per heavy atom. The number of hydrogen-bond donors (Lipinski definition) is 0. The van der Waals surface area contributed by atoms with E-state index in [4.69, 9.17) is 9.47 Å². The quantitative estimate of drug-likeness (QED) is 0.114. The molecule has 3 rings (SSSR count). The van der Waals surface area contributed by atoms with Crippen molar-refractivity contribution in [2.24, 2.45) is 0 Å². The fraction of sp³-hybridized carbons (Fsp3) is 0.406. The molecular weight excluding hydrogens is 488 g/mol. The summed E-state index contributed by atoms with van der Waals surface area (Å²) in [6, 6.07) is 13.9. The molecule has 0 spiro atoms. The van der Waals surface area contributed by atoms with Gasteiger partial charge in [0.2, 0.25) is 0 Å². The Kier molecular flexibility index (Phi) is 12.0. The predicted molar refractivity (Wildman–Crippen MR) is 150 cm³/mol. The minimum atomic E-state index is -0.630. The van der Waals surface area contributed by atoms with Crippen LogP contribution in [0.1, 0.15) is 98.7 Å². The van der Waals surface area contributed by atoms with E-state index in [1.807, 2.05) is 24.5 Å². The second-order valence-corrected chi connectivity index (χ2v) is 9.49. The third-order valence-electron chi connectivity index (χ3n) is 6.46. The van der Waals surface area contributed by atoms with Gasteiger partial charge in [-0.2, -0.15) is 10.5 Å². The van der Waals surface area contributed by atoms with Crippen molar-refractivity contribution < 1.29 is 14.3 Å². The van der Waals surface area contributed by atoms with Crippen molar-refractivity contribution >= 4 is 5.97 Å². The van der Waals surface area contributed by atoms with Crippen LogP contribution < -0.4 is 9.47 Å². The largest absolute Gasteiger partial charge is 0.492 e. The number of aryl methyl sites for hydroxylation is 1. The molecular formula is C32H36N4O3. The number of benzene rings is 2. The van der Waals surface area contributed by atoms with Crippen LogP contribution in [0.15, 0.2) is 48.8 Å². The molecule has 0 aliphatic rings. The van der Waals surface area contributed by atoms with Crippen molar-refractivity contribution in [3.63, 3.8) is 0 Å². The highest BCUT2D eigenvalue weighted by molar-refractivity contribution is 5.92. The lowest BCUT2D eigenvalue weighted by Gasteiger charge is -2.12. The van der Waals surface area contributed by atoms with E-state index in [1.165, 1.54) is 38.2 Å². The van der Waals surface area contributed by atoms with E-state index >= 15 is 0 Å². The lowest BCUT2D eigenvalue weighted by molar-refractivity contribution is 0.0734. The number of esters is 1. The van der Waals surface area contributed by atoms with Crippen LogP contribution >= 0.6 is 0 Å². The molecule has 7 nitrogen and oxygen atoms in total. The molecule has 0 saturated heterocycles. The summed E-state index contributed by atoms with van der Waals surface area (Å²) in [6.45, 7) is 4.82. The van der Waals surface area contributed by atoms with Crippen LogP contribution in [-0.2, 0) is 6.42 Å². The fourth-order valence-corrected chi connectivity index (χ4v) is 4.18. The molecule has 0 fully saturated rings. The van der Waals surface area contributed by atoms with Gasteiger partial charge in [-0.25, -0.2) is 14.8 Å². The Morgan fingerprint density at radius 2 is 1.36 bits per heavy atom. The van der Waals surface area contributed by atoms with Crippen LogP contribution in [0.4, 0.5) is 0 Å². The van der Waals surface area contributed by atoms with Crippen LogP contribution in [0, 0.1) is 22.7 Å². The summed E-state index contributed by atoms with van der Waals surface area (Å²) < 4.78 is 11.3. The van der Waals surface area contributed by atoms with E-state index < -0.39 is 5.97 Å². The molecule has 0 saturated carbocycles. The molecule has 2 aromatic carbocycles. The number of unbranched alkanes of at least 4 members (excludes halogenated alkanes) is 7. The van der Waals surface area contributed by atoms with Crippen molar-refractivity contribution in [1.29, 1.82) is 10.5 Å². The number of aromatic nitrogens is 2. The molecule has 0 atom stereocenters. The van der Waals surface area contributed by atoms with Gasteiger partial charge >= 0.3 is 5.97 Å². The zero-order valence-corrected chi connectivity index (χ0v) is 22.9.